The van der Waals surface area contributed by atoms with E-state index < -0.39 is 6.10 Å². The Kier molecular flexibility index (Phi) is 2.73. The molecule has 16 heavy (non-hydrogen) atoms. The average Bonchev–Trinajstić information content (AvgIpc) is 2.32. The molecule has 0 spiro atoms. The molecule has 1 atom stereocenters. The lowest BCUT2D eigenvalue weighted by molar-refractivity contribution is -0.149. The van der Waals surface area contributed by atoms with Gasteiger partial charge < -0.3 is 14.6 Å². The lowest BCUT2D eigenvalue weighted by atomic mass is 9.99. The van der Waals surface area contributed by atoms with Crippen molar-refractivity contribution in [3.8, 4) is 11.5 Å². The van der Waals surface area contributed by atoms with E-state index in [1.54, 1.807) is 13.0 Å². The number of ether oxygens (including phenoxy) is 2. The van der Waals surface area contributed by atoms with Crippen LogP contribution < -0.4 is 4.74 Å². The largest absolute Gasteiger partial charge is 0.508 e. The van der Waals surface area contributed by atoms with Gasteiger partial charge in [0.15, 0.2) is 6.10 Å². The number of hydrogen-bond acceptors (Lipinski definition) is 4. The smallest absolute Gasteiger partial charge is 0.347 e. The van der Waals surface area contributed by atoms with Gasteiger partial charge >= 0.3 is 5.97 Å². The second-order valence-corrected chi connectivity index (χ2v) is 3.87. The molecule has 1 unspecified atom stereocenters. The van der Waals surface area contributed by atoms with Crippen LogP contribution in [0.4, 0.5) is 0 Å². The van der Waals surface area contributed by atoms with E-state index in [0.717, 1.165) is 12.0 Å². The fraction of sp³-hybridized carbons (Fsp3) is 0.417. The minimum absolute atomic E-state index is 0.185. The van der Waals surface area contributed by atoms with Gasteiger partial charge in [0.2, 0.25) is 0 Å². The summed E-state index contributed by atoms with van der Waals surface area (Å²) in [5.41, 5.74) is 1.70. The normalized spacial score (nSPS) is 18.5. The third-order valence-corrected chi connectivity index (χ3v) is 2.86. The summed E-state index contributed by atoms with van der Waals surface area (Å²) in [5.74, 6) is 0.430. The maximum absolute atomic E-state index is 11.4. The fourth-order valence-corrected chi connectivity index (χ4v) is 1.88. The Balaban J connectivity index is 2.32. The van der Waals surface area contributed by atoms with Gasteiger partial charge in [0.05, 0.1) is 7.11 Å². The standard InChI is InChI=1S/C12H14O4/c1-7-9(13)5-3-8-4-6-10(12(14)15-2)16-11(7)8/h3,5,10,13H,4,6H2,1-2H3. The van der Waals surface area contributed by atoms with Gasteiger partial charge in [-0.05, 0) is 31.4 Å². The van der Waals surface area contributed by atoms with Crippen LogP contribution in [-0.4, -0.2) is 24.3 Å². The second-order valence-electron chi connectivity index (χ2n) is 3.87. The highest BCUT2D eigenvalue weighted by molar-refractivity contribution is 5.75. The Morgan fingerprint density at radius 3 is 3.00 bits per heavy atom. The van der Waals surface area contributed by atoms with Gasteiger partial charge in [-0.1, -0.05) is 6.07 Å². The van der Waals surface area contributed by atoms with E-state index in [2.05, 4.69) is 4.74 Å². The Hall–Kier alpha value is -1.71. The van der Waals surface area contributed by atoms with Crippen molar-refractivity contribution in [2.24, 2.45) is 0 Å². The van der Waals surface area contributed by atoms with Crippen LogP contribution >= 0.6 is 0 Å². The van der Waals surface area contributed by atoms with Gasteiger partial charge in [0.25, 0.3) is 0 Å². The zero-order valence-electron chi connectivity index (χ0n) is 9.32. The van der Waals surface area contributed by atoms with E-state index in [0.29, 0.717) is 17.7 Å². The average molecular weight is 222 g/mol. The molecule has 0 fully saturated rings. The highest BCUT2D eigenvalue weighted by atomic mass is 16.6. The van der Waals surface area contributed by atoms with E-state index in [9.17, 15) is 9.90 Å². The Morgan fingerprint density at radius 1 is 1.56 bits per heavy atom. The predicted molar refractivity (Wildman–Crippen MR) is 57.6 cm³/mol. The zero-order chi connectivity index (χ0) is 11.7. The second kappa shape index (κ2) is 4.04. The van der Waals surface area contributed by atoms with Crippen LogP contribution in [0.2, 0.25) is 0 Å². The van der Waals surface area contributed by atoms with Gasteiger partial charge in [-0.3, -0.25) is 0 Å². The van der Waals surface area contributed by atoms with Crippen molar-refractivity contribution in [2.45, 2.75) is 25.9 Å². The van der Waals surface area contributed by atoms with Crippen LogP contribution in [0.1, 0.15) is 17.5 Å². The van der Waals surface area contributed by atoms with Crippen molar-refractivity contribution in [3.05, 3.63) is 23.3 Å². The molecule has 4 heteroatoms. The molecule has 0 bridgehead atoms. The van der Waals surface area contributed by atoms with Crippen molar-refractivity contribution >= 4 is 5.97 Å². The van der Waals surface area contributed by atoms with Crippen molar-refractivity contribution in [3.63, 3.8) is 0 Å². The number of carbonyl (C=O) groups excluding carboxylic acids is 1. The number of carbonyl (C=O) groups is 1. The van der Waals surface area contributed by atoms with Gasteiger partial charge in [0.1, 0.15) is 11.5 Å². The summed E-state index contributed by atoms with van der Waals surface area (Å²) in [6, 6.07) is 3.47. The number of aromatic hydroxyl groups is 1. The first-order valence-electron chi connectivity index (χ1n) is 5.19. The van der Waals surface area contributed by atoms with E-state index in [1.807, 2.05) is 6.07 Å². The van der Waals surface area contributed by atoms with Crippen LogP contribution in [0.25, 0.3) is 0 Å². The maximum atomic E-state index is 11.4. The number of fused-ring (bicyclic) bond motifs is 1. The van der Waals surface area contributed by atoms with Gasteiger partial charge in [-0.25, -0.2) is 4.79 Å². The highest BCUT2D eigenvalue weighted by Gasteiger charge is 2.28. The van der Waals surface area contributed by atoms with Crippen molar-refractivity contribution in [1.29, 1.82) is 0 Å². The number of rotatable bonds is 1. The molecule has 1 aromatic carbocycles. The van der Waals surface area contributed by atoms with Crippen LogP contribution in [-0.2, 0) is 16.0 Å². The van der Waals surface area contributed by atoms with Crippen LogP contribution in [0, 0.1) is 6.92 Å². The third-order valence-electron chi connectivity index (χ3n) is 2.86. The van der Waals surface area contributed by atoms with Gasteiger partial charge in [-0.15, -0.1) is 0 Å². The zero-order valence-corrected chi connectivity index (χ0v) is 9.32. The van der Waals surface area contributed by atoms with Gasteiger partial charge in [-0.2, -0.15) is 0 Å². The van der Waals surface area contributed by atoms with Crippen LogP contribution in [0.5, 0.6) is 11.5 Å². The molecule has 1 aliphatic rings. The minimum atomic E-state index is -0.557. The maximum Gasteiger partial charge on any atom is 0.347 e. The quantitative estimate of drug-likeness (QED) is 0.733. The van der Waals surface area contributed by atoms with Crippen molar-refractivity contribution < 1.29 is 19.4 Å². The molecular formula is C12H14O4. The topological polar surface area (TPSA) is 55.8 Å². The highest BCUT2D eigenvalue weighted by Crippen LogP contribution is 2.35. The number of benzene rings is 1. The minimum Gasteiger partial charge on any atom is -0.508 e. The molecule has 0 radical (unpaired) electrons. The number of methoxy groups -OCH3 is 1. The predicted octanol–water partition coefficient (Wildman–Crippen LogP) is 1.57. The Bertz CT molecular complexity index is 425. The Morgan fingerprint density at radius 2 is 2.31 bits per heavy atom. The monoisotopic (exact) mass is 222 g/mol. The van der Waals surface area contributed by atoms with E-state index >= 15 is 0 Å². The molecular weight excluding hydrogens is 208 g/mol. The molecule has 2 rings (SSSR count). The molecule has 0 amide bonds. The summed E-state index contributed by atoms with van der Waals surface area (Å²) in [5, 5.41) is 9.56. The summed E-state index contributed by atoms with van der Waals surface area (Å²) in [6.45, 7) is 1.77. The summed E-state index contributed by atoms with van der Waals surface area (Å²) in [4.78, 5) is 11.4. The molecule has 1 N–H and O–H groups in total. The number of hydrogen-bond donors (Lipinski definition) is 1. The summed E-state index contributed by atoms with van der Waals surface area (Å²) in [7, 11) is 1.34. The lowest BCUT2D eigenvalue weighted by Gasteiger charge is -2.25. The fourth-order valence-electron chi connectivity index (χ4n) is 1.88. The van der Waals surface area contributed by atoms with E-state index in [1.165, 1.54) is 7.11 Å². The van der Waals surface area contributed by atoms with Crippen LogP contribution in [0.15, 0.2) is 12.1 Å². The summed E-state index contributed by atoms with van der Waals surface area (Å²) < 4.78 is 10.2. The number of aryl methyl sites for hydroxylation is 1. The Labute approximate surface area is 93.8 Å². The molecule has 0 saturated heterocycles. The first kappa shape index (κ1) is 10.8. The number of esters is 1. The molecule has 0 saturated carbocycles. The molecule has 4 nitrogen and oxygen atoms in total. The first-order chi connectivity index (χ1) is 7.63. The molecule has 0 aliphatic carbocycles. The lowest BCUT2D eigenvalue weighted by Crippen LogP contribution is -2.32. The molecule has 86 valence electrons. The van der Waals surface area contributed by atoms with Crippen molar-refractivity contribution in [2.75, 3.05) is 7.11 Å². The van der Waals surface area contributed by atoms with Crippen LogP contribution in [0.3, 0.4) is 0 Å². The molecule has 1 aromatic rings. The first-order valence-corrected chi connectivity index (χ1v) is 5.19. The van der Waals surface area contributed by atoms with Gasteiger partial charge in [0, 0.05) is 5.56 Å². The molecule has 1 heterocycles. The number of phenolic OH excluding ortho intramolecular Hbond substituents is 1. The number of phenols is 1. The third kappa shape index (κ3) is 1.71. The van der Waals surface area contributed by atoms with Crippen molar-refractivity contribution in [1.82, 2.24) is 0 Å². The summed E-state index contributed by atoms with van der Waals surface area (Å²) in [6.07, 6.45) is 0.818. The SMILES string of the molecule is COC(=O)C1CCc2ccc(O)c(C)c2O1. The van der Waals surface area contributed by atoms with E-state index in [-0.39, 0.29) is 11.7 Å². The molecule has 1 aliphatic heterocycles. The molecule has 0 aromatic heterocycles. The van der Waals surface area contributed by atoms with E-state index in [4.69, 9.17) is 4.74 Å². The summed E-state index contributed by atoms with van der Waals surface area (Å²) >= 11 is 0.